The first kappa shape index (κ1) is 15.4. The normalized spacial score (nSPS) is 26.1. The first-order chi connectivity index (χ1) is 9.65. The van der Waals surface area contributed by atoms with Gasteiger partial charge >= 0.3 is 0 Å². The number of amides is 1. The molecule has 2 rings (SSSR count). The number of hydrogen-bond acceptors (Lipinski definition) is 5. The molecule has 0 spiro atoms. The lowest BCUT2D eigenvalue weighted by molar-refractivity contribution is 0.0171. The van der Waals surface area contributed by atoms with E-state index in [-0.39, 0.29) is 18.1 Å². The fourth-order valence-corrected chi connectivity index (χ4v) is 2.98. The summed E-state index contributed by atoms with van der Waals surface area (Å²) in [6.45, 7) is 7.08. The molecule has 1 aliphatic rings. The zero-order valence-corrected chi connectivity index (χ0v) is 12.7. The van der Waals surface area contributed by atoms with Crippen molar-refractivity contribution in [2.45, 2.75) is 32.1 Å². The number of thiophene rings is 1. The summed E-state index contributed by atoms with van der Waals surface area (Å²) in [5, 5.41) is 15.0. The van der Waals surface area contributed by atoms with Crippen molar-refractivity contribution in [3.05, 3.63) is 22.4 Å². The second-order valence-electron chi connectivity index (χ2n) is 4.91. The van der Waals surface area contributed by atoms with Crippen molar-refractivity contribution in [3.8, 4) is 0 Å². The van der Waals surface area contributed by atoms with Crippen LogP contribution < -0.4 is 5.32 Å². The Morgan fingerprint density at radius 1 is 1.55 bits per heavy atom. The van der Waals surface area contributed by atoms with E-state index in [2.05, 4.69) is 24.1 Å². The highest BCUT2D eigenvalue weighted by Gasteiger charge is 2.37. The van der Waals surface area contributed by atoms with Gasteiger partial charge in [-0.15, -0.1) is 11.3 Å². The first-order valence-corrected chi connectivity index (χ1v) is 7.90. The van der Waals surface area contributed by atoms with Crippen molar-refractivity contribution in [2.24, 2.45) is 0 Å². The van der Waals surface area contributed by atoms with Gasteiger partial charge < -0.3 is 20.1 Å². The maximum atomic E-state index is 12.0. The molecule has 2 N–H and O–H groups in total. The number of nitrogens with zero attached hydrogens (tertiary/aromatic N) is 1. The molecule has 112 valence electrons. The van der Waals surface area contributed by atoms with E-state index in [9.17, 15) is 9.90 Å². The van der Waals surface area contributed by atoms with Crippen molar-refractivity contribution in [1.82, 2.24) is 10.2 Å². The first-order valence-electron chi connectivity index (χ1n) is 7.02. The van der Waals surface area contributed by atoms with Gasteiger partial charge in [0.2, 0.25) is 0 Å². The van der Waals surface area contributed by atoms with Gasteiger partial charge in [0.1, 0.15) is 6.10 Å². The summed E-state index contributed by atoms with van der Waals surface area (Å²) >= 11 is 1.39. The number of ether oxygens (including phenoxy) is 1. The van der Waals surface area contributed by atoms with Crippen molar-refractivity contribution in [3.63, 3.8) is 0 Å². The molecule has 2 heterocycles. The number of aliphatic hydroxyl groups is 1. The Kier molecular flexibility index (Phi) is 5.54. The molecule has 0 radical (unpaired) electrons. The molecule has 1 aromatic heterocycles. The Labute approximate surface area is 123 Å². The molecule has 1 aliphatic heterocycles. The highest BCUT2D eigenvalue weighted by molar-refractivity contribution is 7.12. The Hall–Kier alpha value is -0.950. The summed E-state index contributed by atoms with van der Waals surface area (Å²) in [4.78, 5) is 14.8. The van der Waals surface area contributed by atoms with Gasteiger partial charge in [-0.05, 0) is 24.5 Å². The van der Waals surface area contributed by atoms with Crippen LogP contribution in [0.4, 0.5) is 0 Å². The van der Waals surface area contributed by atoms with E-state index in [1.54, 1.807) is 6.07 Å². The minimum atomic E-state index is -0.653. The molecular weight excluding hydrogens is 276 g/mol. The molecule has 5 nitrogen and oxygen atoms in total. The lowest BCUT2D eigenvalue weighted by Crippen LogP contribution is -2.46. The van der Waals surface area contributed by atoms with Crippen LogP contribution in [0.25, 0.3) is 0 Å². The van der Waals surface area contributed by atoms with E-state index in [0.717, 1.165) is 13.1 Å². The van der Waals surface area contributed by atoms with Gasteiger partial charge in [0.05, 0.1) is 23.6 Å². The van der Waals surface area contributed by atoms with Crippen LogP contribution in [0.15, 0.2) is 17.5 Å². The number of aliphatic hydroxyl groups excluding tert-OH is 1. The van der Waals surface area contributed by atoms with Crippen LogP contribution in [0.3, 0.4) is 0 Å². The highest BCUT2D eigenvalue weighted by Crippen LogP contribution is 2.17. The lowest BCUT2D eigenvalue weighted by atomic mass is 10.1. The van der Waals surface area contributed by atoms with Gasteiger partial charge in [0.25, 0.3) is 5.91 Å². The predicted octanol–water partition coefficient (Wildman–Crippen LogP) is 0.948. The number of carbonyl (C=O) groups is 1. The van der Waals surface area contributed by atoms with Crippen molar-refractivity contribution in [2.75, 3.05) is 26.2 Å². The fraction of sp³-hybridized carbons (Fsp3) is 0.643. The predicted molar refractivity (Wildman–Crippen MR) is 79.1 cm³/mol. The fourth-order valence-electron chi connectivity index (χ4n) is 2.35. The van der Waals surface area contributed by atoms with Gasteiger partial charge in [-0.1, -0.05) is 19.9 Å². The number of rotatable bonds is 6. The summed E-state index contributed by atoms with van der Waals surface area (Å²) in [5.41, 5.74) is 0. The van der Waals surface area contributed by atoms with Crippen LogP contribution in [-0.4, -0.2) is 60.4 Å². The maximum absolute atomic E-state index is 12.0. The zero-order valence-electron chi connectivity index (χ0n) is 11.9. The lowest BCUT2D eigenvalue weighted by Gasteiger charge is -2.24. The largest absolute Gasteiger partial charge is 0.388 e. The molecule has 0 aromatic carbocycles. The van der Waals surface area contributed by atoms with E-state index in [0.29, 0.717) is 18.0 Å². The Morgan fingerprint density at radius 2 is 2.30 bits per heavy atom. The number of hydrogen-bond donors (Lipinski definition) is 2. The van der Waals surface area contributed by atoms with Crippen LogP contribution in [0.1, 0.15) is 23.5 Å². The van der Waals surface area contributed by atoms with E-state index >= 15 is 0 Å². The third kappa shape index (κ3) is 3.58. The minimum Gasteiger partial charge on any atom is -0.388 e. The highest BCUT2D eigenvalue weighted by atomic mass is 32.1. The Morgan fingerprint density at radius 3 is 2.90 bits per heavy atom. The molecule has 6 heteroatoms. The zero-order chi connectivity index (χ0) is 14.5. The van der Waals surface area contributed by atoms with Crippen LogP contribution in [0, 0.1) is 0 Å². The summed E-state index contributed by atoms with van der Waals surface area (Å²) in [7, 11) is 0. The van der Waals surface area contributed by atoms with E-state index in [1.165, 1.54) is 11.3 Å². The number of carbonyl (C=O) groups excluding carboxylic acids is 1. The number of nitrogens with one attached hydrogen (secondary N) is 1. The molecule has 1 fully saturated rings. The van der Waals surface area contributed by atoms with Crippen LogP contribution in [0.5, 0.6) is 0 Å². The van der Waals surface area contributed by atoms with Crippen LogP contribution in [0.2, 0.25) is 0 Å². The molecule has 20 heavy (non-hydrogen) atoms. The summed E-state index contributed by atoms with van der Waals surface area (Å²) in [5.74, 6) is -0.142. The SMILES string of the molecule is CCN(CC)C[C@@H]1OC[C@@H](NC(=O)c2cccs2)[C@H]1O. The topological polar surface area (TPSA) is 61.8 Å². The van der Waals surface area contributed by atoms with E-state index < -0.39 is 6.10 Å². The smallest absolute Gasteiger partial charge is 0.261 e. The van der Waals surface area contributed by atoms with Crippen molar-refractivity contribution >= 4 is 17.2 Å². The average Bonchev–Trinajstić information content (AvgIpc) is 3.09. The monoisotopic (exact) mass is 298 g/mol. The molecule has 0 unspecified atom stereocenters. The molecule has 3 atom stereocenters. The van der Waals surface area contributed by atoms with E-state index in [1.807, 2.05) is 11.4 Å². The quantitative estimate of drug-likeness (QED) is 0.821. The van der Waals surface area contributed by atoms with Gasteiger partial charge in [0, 0.05) is 6.54 Å². The minimum absolute atomic E-state index is 0.142. The van der Waals surface area contributed by atoms with Gasteiger partial charge in [-0.25, -0.2) is 0 Å². The maximum Gasteiger partial charge on any atom is 0.261 e. The molecular formula is C14H22N2O3S. The second-order valence-corrected chi connectivity index (χ2v) is 5.85. The van der Waals surface area contributed by atoms with Gasteiger partial charge in [-0.3, -0.25) is 4.79 Å². The number of likely N-dealkylation sites (N-methyl/N-ethyl adjacent to an activating group) is 1. The van der Waals surface area contributed by atoms with Crippen molar-refractivity contribution in [1.29, 1.82) is 0 Å². The van der Waals surface area contributed by atoms with Crippen LogP contribution in [-0.2, 0) is 4.74 Å². The molecule has 0 saturated carbocycles. The summed E-state index contributed by atoms with van der Waals surface area (Å²) in [6.07, 6.45) is -0.886. The molecule has 0 bridgehead atoms. The summed E-state index contributed by atoms with van der Waals surface area (Å²) in [6, 6.07) is 3.28. The molecule has 1 saturated heterocycles. The standard InChI is InChI=1S/C14H22N2O3S/c1-3-16(4-2)8-11-13(17)10(9-19-11)15-14(18)12-6-5-7-20-12/h5-7,10-11,13,17H,3-4,8-9H2,1-2H3,(H,15,18)/t10-,11+,13-/m1/s1. The molecule has 1 aromatic rings. The third-order valence-corrected chi connectivity index (χ3v) is 4.55. The van der Waals surface area contributed by atoms with Crippen LogP contribution >= 0.6 is 11.3 Å². The van der Waals surface area contributed by atoms with Gasteiger partial charge in [-0.2, -0.15) is 0 Å². The second kappa shape index (κ2) is 7.17. The average molecular weight is 298 g/mol. The summed E-state index contributed by atoms with van der Waals surface area (Å²) < 4.78 is 5.63. The molecule has 0 aliphatic carbocycles. The van der Waals surface area contributed by atoms with Crippen molar-refractivity contribution < 1.29 is 14.6 Å². The Balaban J connectivity index is 1.87. The third-order valence-electron chi connectivity index (χ3n) is 3.68. The Bertz CT molecular complexity index is 420. The van der Waals surface area contributed by atoms with E-state index in [4.69, 9.17) is 4.74 Å². The van der Waals surface area contributed by atoms with Gasteiger partial charge in [0.15, 0.2) is 0 Å². The molecule has 1 amide bonds.